The molecule has 7 nitrogen and oxygen atoms in total. The monoisotopic (exact) mass is 303 g/mol. The first-order valence-corrected chi connectivity index (χ1v) is 6.61. The topological polar surface area (TPSA) is 93.5 Å². The van der Waals surface area contributed by atoms with E-state index in [0.717, 1.165) is 16.9 Å². The van der Waals surface area contributed by atoms with Crippen LogP contribution < -0.4 is 10.1 Å². The number of hydrogen-bond donors (Lipinski definition) is 2. The van der Waals surface area contributed by atoms with Crippen LogP contribution in [0.25, 0.3) is 0 Å². The SMILES string of the molecule is COc1c(C)cc(C(=O)Nc2cnn(CC(=O)O)c2)cc1C. The van der Waals surface area contributed by atoms with Crippen LogP contribution in [0.5, 0.6) is 5.75 Å². The summed E-state index contributed by atoms with van der Waals surface area (Å²) < 4.78 is 6.51. The Kier molecular flexibility index (Phi) is 4.45. The van der Waals surface area contributed by atoms with Gasteiger partial charge in [-0.15, -0.1) is 0 Å². The molecule has 116 valence electrons. The van der Waals surface area contributed by atoms with Gasteiger partial charge in [0.1, 0.15) is 12.3 Å². The Morgan fingerprint density at radius 2 is 1.95 bits per heavy atom. The number of ether oxygens (including phenoxy) is 1. The number of aliphatic carboxylic acids is 1. The van der Waals surface area contributed by atoms with Crippen molar-refractivity contribution in [2.24, 2.45) is 0 Å². The number of carbonyl (C=O) groups is 2. The molecule has 2 aromatic rings. The molecule has 0 unspecified atom stereocenters. The summed E-state index contributed by atoms with van der Waals surface area (Å²) >= 11 is 0. The summed E-state index contributed by atoms with van der Waals surface area (Å²) in [6.45, 7) is 3.48. The quantitative estimate of drug-likeness (QED) is 0.879. The average Bonchev–Trinajstić information content (AvgIpc) is 2.84. The summed E-state index contributed by atoms with van der Waals surface area (Å²) in [6, 6.07) is 3.48. The number of carboxylic acids is 1. The second kappa shape index (κ2) is 6.30. The van der Waals surface area contributed by atoms with Crippen LogP contribution in [0, 0.1) is 13.8 Å². The van der Waals surface area contributed by atoms with E-state index in [1.54, 1.807) is 19.2 Å². The van der Waals surface area contributed by atoms with Crippen molar-refractivity contribution in [3.05, 3.63) is 41.2 Å². The number of hydrogen-bond acceptors (Lipinski definition) is 4. The first kappa shape index (κ1) is 15.6. The van der Waals surface area contributed by atoms with Crippen LogP contribution >= 0.6 is 0 Å². The van der Waals surface area contributed by atoms with Crippen molar-refractivity contribution in [1.82, 2.24) is 9.78 Å². The van der Waals surface area contributed by atoms with E-state index in [-0.39, 0.29) is 12.5 Å². The Bertz CT molecular complexity index is 698. The molecular formula is C15H17N3O4. The Morgan fingerprint density at radius 1 is 1.32 bits per heavy atom. The summed E-state index contributed by atoms with van der Waals surface area (Å²) in [4.78, 5) is 22.8. The summed E-state index contributed by atoms with van der Waals surface area (Å²) in [6.07, 6.45) is 2.87. The van der Waals surface area contributed by atoms with Crippen LogP contribution in [0.4, 0.5) is 5.69 Å². The fraction of sp³-hybridized carbons (Fsp3) is 0.267. The molecule has 0 saturated heterocycles. The zero-order chi connectivity index (χ0) is 16.3. The van der Waals surface area contributed by atoms with Crippen LogP contribution in [-0.4, -0.2) is 33.9 Å². The third kappa shape index (κ3) is 3.43. The van der Waals surface area contributed by atoms with Gasteiger partial charge in [-0.05, 0) is 37.1 Å². The number of nitrogens with one attached hydrogen (secondary N) is 1. The molecule has 2 N–H and O–H groups in total. The summed E-state index contributed by atoms with van der Waals surface area (Å²) in [5.74, 6) is -0.531. The number of carbonyl (C=O) groups excluding carboxylic acids is 1. The predicted octanol–water partition coefficient (Wildman–Crippen LogP) is 1.85. The number of aromatic nitrogens is 2. The highest BCUT2D eigenvalue weighted by Gasteiger charge is 2.12. The molecule has 1 aromatic heterocycles. The van der Waals surface area contributed by atoms with Crippen LogP contribution in [0.15, 0.2) is 24.5 Å². The fourth-order valence-electron chi connectivity index (χ4n) is 2.26. The molecule has 1 aromatic carbocycles. The summed E-state index contributed by atoms with van der Waals surface area (Å²) in [7, 11) is 1.59. The maximum absolute atomic E-state index is 12.2. The van der Waals surface area contributed by atoms with Crippen molar-refractivity contribution in [2.75, 3.05) is 12.4 Å². The largest absolute Gasteiger partial charge is 0.496 e. The van der Waals surface area contributed by atoms with Gasteiger partial charge in [0.05, 0.1) is 19.0 Å². The van der Waals surface area contributed by atoms with E-state index in [9.17, 15) is 9.59 Å². The van der Waals surface area contributed by atoms with Crippen LogP contribution in [-0.2, 0) is 11.3 Å². The molecule has 0 fully saturated rings. The summed E-state index contributed by atoms with van der Waals surface area (Å²) in [5, 5.41) is 15.2. The third-order valence-electron chi connectivity index (χ3n) is 3.12. The van der Waals surface area contributed by atoms with E-state index < -0.39 is 5.97 Å². The molecule has 0 spiro atoms. The molecule has 0 atom stereocenters. The highest BCUT2D eigenvalue weighted by atomic mass is 16.5. The molecule has 0 saturated carbocycles. The van der Waals surface area contributed by atoms with Gasteiger partial charge in [0.25, 0.3) is 5.91 Å². The molecule has 7 heteroatoms. The Balaban J connectivity index is 2.15. The van der Waals surface area contributed by atoms with Crippen molar-refractivity contribution in [1.29, 1.82) is 0 Å². The number of aryl methyl sites for hydroxylation is 2. The number of nitrogens with zero attached hydrogens (tertiary/aromatic N) is 2. The van der Waals surface area contributed by atoms with Crippen LogP contribution in [0.2, 0.25) is 0 Å². The lowest BCUT2D eigenvalue weighted by molar-refractivity contribution is -0.137. The molecular weight excluding hydrogens is 286 g/mol. The lowest BCUT2D eigenvalue weighted by atomic mass is 10.1. The number of anilines is 1. The minimum absolute atomic E-state index is 0.253. The van der Waals surface area contributed by atoms with E-state index >= 15 is 0 Å². The standard InChI is InChI=1S/C15H17N3O4/c1-9-4-11(5-10(2)14(9)22-3)15(21)17-12-6-16-18(7-12)8-13(19)20/h4-7H,8H2,1-3H3,(H,17,21)(H,19,20). The minimum Gasteiger partial charge on any atom is -0.496 e. The Labute approximate surface area is 127 Å². The summed E-state index contributed by atoms with van der Waals surface area (Å²) in [5.41, 5.74) is 2.68. The van der Waals surface area contributed by atoms with Gasteiger partial charge < -0.3 is 15.2 Å². The van der Waals surface area contributed by atoms with Gasteiger partial charge in [0.2, 0.25) is 0 Å². The number of carboxylic acid groups (broad SMARTS) is 1. The van der Waals surface area contributed by atoms with Crippen LogP contribution in [0.1, 0.15) is 21.5 Å². The van der Waals surface area contributed by atoms with E-state index in [4.69, 9.17) is 9.84 Å². The molecule has 22 heavy (non-hydrogen) atoms. The maximum Gasteiger partial charge on any atom is 0.325 e. The minimum atomic E-state index is -0.998. The van der Waals surface area contributed by atoms with Gasteiger partial charge in [-0.1, -0.05) is 0 Å². The van der Waals surface area contributed by atoms with Gasteiger partial charge >= 0.3 is 5.97 Å². The molecule has 0 aliphatic carbocycles. The van der Waals surface area contributed by atoms with Crippen molar-refractivity contribution in [2.45, 2.75) is 20.4 Å². The van der Waals surface area contributed by atoms with E-state index in [0.29, 0.717) is 11.3 Å². The van der Waals surface area contributed by atoms with Crippen LogP contribution in [0.3, 0.4) is 0 Å². The van der Waals surface area contributed by atoms with Crippen molar-refractivity contribution in [3.63, 3.8) is 0 Å². The van der Waals surface area contributed by atoms with Gasteiger partial charge in [-0.25, -0.2) is 0 Å². The molecule has 0 radical (unpaired) electrons. The van der Waals surface area contributed by atoms with Crippen molar-refractivity contribution < 1.29 is 19.4 Å². The van der Waals surface area contributed by atoms with Crippen molar-refractivity contribution >= 4 is 17.6 Å². The average molecular weight is 303 g/mol. The smallest absolute Gasteiger partial charge is 0.325 e. The van der Waals surface area contributed by atoms with Gasteiger partial charge in [-0.3, -0.25) is 14.3 Å². The highest BCUT2D eigenvalue weighted by Crippen LogP contribution is 2.24. The third-order valence-corrected chi connectivity index (χ3v) is 3.12. The number of rotatable bonds is 5. The Morgan fingerprint density at radius 3 is 2.50 bits per heavy atom. The van der Waals surface area contributed by atoms with E-state index in [1.807, 2.05) is 13.8 Å². The second-order valence-electron chi connectivity index (χ2n) is 4.92. The Hall–Kier alpha value is -2.83. The lowest BCUT2D eigenvalue weighted by Gasteiger charge is -2.11. The van der Waals surface area contributed by atoms with Crippen molar-refractivity contribution in [3.8, 4) is 5.75 Å². The zero-order valence-electron chi connectivity index (χ0n) is 12.6. The molecule has 0 bridgehead atoms. The lowest BCUT2D eigenvalue weighted by Crippen LogP contribution is -2.12. The van der Waals surface area contributed by atoms with Gasteiger partial charge in [0, 0.05) is 11.8 Å². The maximum atomic E-state index is 12.2. The molecule has 0 aliphatic heterocycles. The highest BCUT2D eigenvalue weighted by molar-refractivity contribution is 6.04. The molecule has 1 heterocycles. The fourth-order valence-corrected chi connectivity index (χ4v) is 2.26. The van der Waals surface area contributed by atoms with Gasteiger partial charge in [-0.2, -0.15) is 5.10 Å². The number of methoxy groups -OCH3 is 1. The normalized spacial score (nSPS) is 10.3. The molecule has 2 rings (SSSR count). The van der Waals surface area contributed by atoms with E-state index in [1.165, 1.54) is 17.1 Å². The first-order chi connectivity index (χ1) is 10.4. The number of benzene rings is 1. The first-order valence-electron chi connectivity index (χ1n) is 6.61. The zero-order valence-corrected chi connectivity index (χ0v) is 12.6. The number of amides is 1. The predicted molar refractivity (Wildman–Crippen MR) is 80.3 cm³/mol. The molecule has 0 aliphatic rings. The second-order valence-corrected chi connectivity index (χ2v) is 4.92. The van der Waals surface area contributed by atoms with Gasteiger partial charge in [0.15, 0.2) is 0 Å². The van der Waals surface area contributed by atoms with E-state index in [2.05, 4.69) is 10.4 Å². The molecule has 1 amide bonds.